The minimum Gasteiger partial charge on any atom is -0.497 e. The molecule has 0 saturated heterocycles. The summed E-state index contributed by atoms with van der Waals surface area (Å²) in [4.78, 5) is 24.9. The van der Waals surface area contributed by atoms with Crippen LogP contribution in [0.3, 0.4) is 0 Å². The van der Waals surface area contributed by atoms with E-state index >= 15 is 0 Å². The Hall–Kier alpha value is -3.33. The Morgan fingerprint density at radius 2 is 1.71 bits per heavy atom. The lowest BCUT2D eigenvalue weighted by atomic mass is 10.1. The SMILES string of the molecule is COc1ccc(C2=C(C)C(=O)N(CC(=O)NCCc3ccccc3OC)S2(=O)=O)cc1. The second-order valence-corrected chi connectivity index (χ2v) is 8.71. The maximum absolute atomic E-state index is 13.0. The minimum absolute atomic E-state index is 0.0759. The molecule has 164 valence electrons. The van der Waals surface area contributed by atoms with Crippen LogP contribution in [0.4, 0.5) is 0 Å². The number of methoxy groups -OCH3 is 2. The molecule has 9 heteroatoms. The van der Waals surface area contributed by atoms with Crippen LogP contribution in [-0.2, 0) is 26.0 Å². The Labute approximate surface area is 181 Å². The average molecular weight is 445 g/mol. The van der Waals surface area contributed by atoms with Gasteiger partial charge in [0.05, 0.1) is 14.2 Å². The maximum atomic E-state index is 13.0. The van der Waals surface area contributed by atoms with Gasteiger partial charge in [0.15, 0.2) is 0 Å². The lowest BCUT2D eigenvalue weighted by Gasteiger charge is -2.16. The summed E-state index contributed by atoms with van der Waals surface area (Å²) < 4.78 is 37.0. The van der Waals surface area contributed by atoms with E-state index in [-0.39, 0.29) is 17.0 Å². The fourth-order valence-corrected chi connectivity index (χ4v) is 5.17. The minimum atomic E-state index is -4.14. The summed E-state index contributed by atoms with van der Waals surface area (Å²) in [5.74, 6) is 0.00862. The van der Waals surface area contributed by atoms with Crippen LogP contribution >= 0.6 is 0 Å². The number of amides is 2. The molecule has 0 saturated carbocycles. The van der Waals surface area contributed by atoms with E-state index < -0.39 is 28.4 Å². The number of hydrogen-bond acceptors (Lipinski definition) is 6. The molecular formula is C22H24N2O6S. The highest BCUT2D eigenvalue weighted by Gasteiger charge is 2.43. The number of benzene rings is 2. The largest absolute Gasteiger partial charge is 0.497 e. The highest BCUT2D eigenvalue weighted by atomic mass is 32.2. The van der Waals surface area contributed by atoms with Gasteiger partial charge in [-0.1, -0.05) is 18.2 Å². The van der Waals surface area contributed by atoms with Crippen molar-refractivity contribution in [3.63, 3.8) is 0 Å². The van der Waals surface area contributed by atoms with Gasteiger partial charge in [0, 0.05) is 12.1 Å². The number of nitrogens with one attached hydrogen (secondary N) is 1. The zero-order valence-electron chi connectivity index (χ0n) is 17.5. The zero-order valence-corrected chi connectivity index (χ0v) is 18.4. The Morgan fingerprint density at radius 1 is 1.03 bits per heavy atom. The van der Waals surface area contributed by atoms with E-state index in [1.807, 2.05) is 24.3 Å². The zero-order chi connectivity index (χ0) is 22.6. The molecule has 2 aromatic carbocycles. The van der Waals surface area contributed by atoms with Crippen molar-refractivity contribution in [2.75, 3.05) is 27.3 Å². The van der Waals surface area contributed by atoms with E-state index in [2.05, 4.69) is 5.32 Å². The highest BCUT2D eigenvalue weighted by Crippen LogP contribution is 2.35. The first-order valence-corrected chi connectivity index (χ1v) is 11.0. The molecule has 8 nitrogen and oxygen atoms in total. The van der Waals surface area contributed by atoms with Gasteiger partial charge in [-0.25, -0.2) is 12.7 Å². The summed E-state index contributed by atoms with van der Waals surface area (Å²) >= 11 is 0. The molecule has 2 amide bonds. The van der Waals surface area contributed by atoms with Gasteiger partial charge in [-0.15, -0.1) is 0 Å². The Bertz CT molecular complexity index is 1120. The topological polar surface area (TPSA) is 102 Å². The van der Waals surface area contributed by atoms with Crippen molar-refractivity contribution >= 4 is 26.7 Å². The van der Waals surface area contributed by atoms with E-state index in [1.165, 1.54) is 14.0 Å². The number of hydrogen-bond donors (Lipinski definition) is 1. The first kappa shape index (κ1) is 22.4. The first-order chi connectivity index (χ1) is 14.8. The molecule has 0 radical (unpaired) electrons. The van der Waals surface area contributed by atoms with Crippen molar-refractivity contribution in [3.8, 4) is 11.5 Å². The van der Waals surface area contributed by atoms with Gasteiger partial charge < -0.3 is 14.8 Å². The third kappa shape index (κ3) is 4.56. The molecule has 1 N–H and O–H groups in total. The van der Waals surface area contributed by atoms with Gasteiger partial charge in [-0.3, -0.25) is 9.59 Å². The molecule has 2 aromatic rings. The van der Waals surface area contributed by atoms with Crippen molar-refractivity contribution < 1.29 is 27.5 Å². The summed E-state index contributed by atoms with van der Waals surface area (Å²) in [5, 5.41) is 2.66. The molecule has 0 fully saturated rings. The Balaban J connectivity index is 1.68. The molecular weight excluding hydrogens is 420 g/mol. The molecule has 0 atom stereocenters. The summed E-state index contributed by atoms with van der Waals surface area (Å²) in [7, 11) is -1.07. The monoisotopic (exact) mass is 444 g/mol. The number of ether oxygens (including phenoxy) is 2. The predicted octanol–water partition coefficient (Wildman–Crippen LogP) is 1.97. The van der Waals surface area contributed by atoms with Gasteiger partial charge >= 0.3 is 0 Å². The van der Waals surface area contributed by atoms with Crippen LogP contribution in [0.1, 0.15) is 18.1 Å². The molecule has 0 spiro atoms. The molecule has 31 heavy (non-hydrogen) atoms. The normalized spacial score (nSPS) is 15.2. The quantitative estimate of drug-likeness (QED) is 0.668. The van der Waals surface area contributed by atoms with E-state index in [4.69, 9.17) is 9.47 Å². The highest BCUT2D eigenvalue weighted by molar-refractivity contribution is 7.99. The number of carbonyl (C=O) groups excluding carboxylic acids is 2. The molecule has 1 aliphatic rings. The van der Waals surface area contributed by atoms with Crippen molar-refractivity contribution in [1.82, 2.24) is 9.62 Å². The third-order valence-electron chi connectivity index (χ3n) is 4.98. The average Bonchev–Trinajstić information content (AvgIpc) is 2.93. The van der Waals surface area contributed by atoms with Crippen molar-refractivity contribution in [2.24, 2.45) is 0 Å². The number of carbonyl (C=O) groups is 2. The van der Waals surface area contributed by atoms with Gasteiger partial charge in [-0.05, 0) is 54.8 Å². The summed E-state index contributed by atoms with van der Waals surface area (Å²) in [6.07, 6.45) is 0.505. The van der Waals surface area contributed by atoms with Crippen molar-refractivity contribution in [2.45, 2.75) is 13.3 Å². The van der Waals surface area contributed by atoms with Gasteiger partial charge in [0.1, 0.15) is 22.9 Å². The fourth-order valence-electron chi connectivity index (χ4n) is 3.39. The van der Waals surface area contributed by atoms with Gasteiger partial charge in [0.2, 0.25) is 5.91 Å². The standard InChI is InChI=1S/C22H24N2O6S/c1-15-21(17-8-10-18(29-2)11-9-17)31(27,28)24(22(15)26)14-20(25)23-13-12-16-6-4-5-7-19(16)30-3/h4-11H,12-14H2,1-3H3,(H,23,25). The molecule has 3 rings (SSSR count). The molecule has 0 aliphatic carbocycles. The number of nitrogens with zero attached hydrogens (tertiary/aromatic N) is 1. The van der Waals surface area contributed by atoms with Crippen LogP contribution in [0.2, 0.25) is 0 Å². The smallest absolute Gasteiger partial charge is 0.268 e. The summed E-state index contributed by atoms with van der Waals surface area (Å²) in [5.41, 5.74) is 1.35. The van der Waals surface area contributed by atoms with Crippen LogP contribution in [0.5, 0.6) is 11.5 Å². The summed E-state index contributed by atoms with van der Waals surface area (Å²) in [6, 6.07) is 13.8. The molecule has 0 unspecified atom stereocenters. The van der Waals surface area contributed by atoms with Crippen LogP contribution in [0.15, 0.2) is 54.1 Å². The molecule has 1 heterocycles. The van der Waals surface area contributed by atoms with Crippen molar-refractivity contribution in [3.05, 3.63) is 65.2 Å². The van der Waals surface area contributed by atoms with Gasteiger partial charge in [0.25, 0.3) is 15.9 Å². The Kier molecular flexibility index (Phi) is 6.65. The predicted molar refractivity (Wildman–Crippen MR) is 116 cm³/mol. The van der Waals surface area contributed by atoms with E-state index in [0.717, 1.165) is 5.56 Å². The van der Waals surface area contributed by atoms with Crippen LogP contribution in [-0.4, -0.2) is 51.8 Å². The molecule has 0 aromatic heterocycles. The molecule has 0 bridgehead atoms. The van der Waals surface area contributed by atoms with Crippen LogP contribution in [0.25, 0.3) is 4.91 Å². The summed E-state index contributed by atoms with van der Waals surface area (Å²) in [6.45, 7) is 1.14. The number of sulfonamides is 1. The lowest BCUT2D eigenvalue weighted by Crippen LogP contribution is -2.41. The number of para-hydroxylation sites is 1. The second-order valence-electron chi connectivity index (χ2n) is 6.91. The van der Waals surface area contributed by atoms with E-state index in [0.29, 0.717) is 27.8 Å². The van der Waals surface area contributed by atoms with Crippen LogP contribution in [0, 0.1) is 0 Å². The Morgan fingerprint density at radius 3 is 2.35 bits per heavy atom. The third-order valence-corrected chi connectivity index (χ3v) is 6.92. The maximum Gasteiger partial charge on any atom is 0.268 e. The van der Waals surface area contributed by atoms with Crippen molar-refractivity contribution in [1.29, 1.82) is 0 Å². The first-order valence-electron chi connectivity index (χ1n) is 9.60. The van der Waals surface area contributed by atoms with E-state index in [1.54, 1.807) is 31.4 Å². The lowest BCUT2D eigenvalue weighted by molar-refractivity contribution is -0.128. The van der Waals surface area contributed by atoms with Crippen LogP contribution < -0.4 is 14.8 Å². The second kappa shape index (κ2) is 9.22. The van der Waals surface area contributed by atoms with E-state index in [9.17, 15) is 18.0 Å². The number of rotatable bonds is 8. The fraction of sp³-hybridized carbons (Fsp3) is 0.273. The van der Waals surface area contributed by atoms with Gasteiger partial charge in [-0.2, -0.15) is 0 Å². The molecule has 1 aliphatic heterocycles.